The summed E-state index contributed by atoms with van der Waals surface area (Å²) in [4.78, 5) is 16.1. The highest BCUT2D eigenvalue weighted by atomic mass is 35.5. The van der Waals surface area contributed by atoms with Crippen LogP contribution in [0.5, 0.6) is 0 Å². The molecule has 5 nitrogen and oxygen atoms in total. The van der Waals surface area contributed by atoms with Gasteiger partial charge >= 0.3 is 0 Å². The van der Waals surface area contributed by atoms with E-state index in [0.29, 0.717) is 0 Å². The molecular weight excluding hydrogens is 372 g/mol. The van der Waals surface area contributed by atoms with Crippen LogP contribution in [0.1, 0.15) is 21.5 Å². The fraction of sp³-hybridized carbons (Fsp3) is 0.0455. The molecule has 6 heteroatoms. The summed E-state index contributed by atoms with van der Waals surface area (Å²) in [6.07, 6.45) is 5.21. The van der Waals surface area contributed by atoms with Crippen molar-refractivity contribution in [1.82, 2.24) is 15.0 Å². The molecular formula is C22H17ClN4O. The van der Waals surface area contributed by atoms with Crippen LogP contribution >= 0.6 is 11.6 Å². The van der Waals surface area contributed by atoms with E-state index < -0.39 is 5.91 Å². The summed E-state index contributed by atoms with van der Waals surface area (Å²) >= 11 is 5.95. The normalized spacial score (nSPS) is 11.2. The van der Waals surface area contributed by atoms with Gasteiger partial charge in [-0.15, -0.1) is 0 Å². The molecule has 0 atom stereocenters. The third-order valence-electron chi connectivity index (χ3n) is 4.39. The van der Waals surface area contributed by atoms with E-state index in [1.807, 2.05) is 42.6 Å². The lowest BCUT2D eigenvalue weighted by atomic mass is 10.2. The summed E-state index contributed by atoms with van der Waals surface area (Å²) in [5, 5.41) is 5.32. The van der Waals surface area contributed by atoms with E-state index >= 15 is 0 Å². The number of hydrogen-bond acceptors (Lipinski definition) is 3. The van der Waals surface area contributed by atoms with Crippen molar-refractivity contribution in [1.29, 1.82) is 0 Å². The highest BCUT2D eigenvalue weighted by molar-refractivity contribution is 6.32. The van der Waals surface area contributed by atoms with Crippen molar-refractivity contribution in [2.75, 3.05) is 0 Å². The fourth-order valence-corrected chi connectivity index (χ4v) is 3.27. The Morgan fingerprint density at radius 2 is 1.86 bits per heavy atom. The van der Waals surface area contributed by atoms with Crippen molar-refractivity contribution < 1.29 is 4.79 Å². The van der Waals surface area contributed by atoms with Crippen LogP contribution in [-0.4, -0.2) is 21.7 Å². The lowest BCUT2D eigenvalue weighted by Crippen LogP contribution is -2.18. The Hall–Kier alpha value is -3.44. The SMILES string of the molecule is O=C(NN=Cc1cn(Cc2ccccc2)c2ccccc12)c1cccnc1Cl. The third-order valence-corrected chi connectivity index (χ3v) is 4.69. The maximum Gasteiger partial charge on any atom is 0.274 e. The van der Waals surface area contributed by atoms with Crippen LogP contribution in [0.2, 0.25) is 5.15 Å². The van der Waals surface area contributed by atoms with E-state index in [1.165, 1.54) is 11.8 Å². The molecule has 4 rings (SSSR count). The van der Waals surface area contributed by atoms with E-state index in [1.54, 1.807) is 18.3 Å². The minimum atomic E-state index is -0.401. The monoisotopic (exact) mass is 388 g/mol. The van der Waals surface area contributed by atoms with Crippen LogP contribution in [0.25, 0.3) is 10.9 Å². The molecule has 0 saturated heterocycles. The molecule has 2 heterocycles. The first-order chi connectivity index (χ1) is 13.7. The van der Waals surface area contributed by atoms with Gasteiger partial charge in [-0.05, 0) is 23.8 Å². The van der Waals surface area contributed by atoms with Crippen molar-refractivity contribution in [3.8, 4) is 0 Å². The first-order valence-electron chi connectivity index (χ1n) is 8.78. The fourth-order valence-electron chi connectivity index (χ4n) is 3.07. The number of hydrazone groups is 1. The van der Waals surface area contributed by atoms with Crippen molar-refractivity contribution >= 4 is 34.6 Å². The third kappa shape index (κ3) is 3.80. The molecule has 0 aliphatic rings. The highest BCUT2D eigenvalue weighted by Gasteiger charge is 2.10. The zero-order chi connectivity index (χ0) is 19.3. The number of hydrogen-bond donors (Lipinski definition) is 1. The second-order valence-electron chi connectivity index (χ2n) is 6.26. The number of fused-ring (bicyclic) bond motifs is 1. The van der Waals surface area contributed by atoms with Crippen LogP contribution in [-0.2, 0) is 6.54 Å². The number of para-hydroxylation sites is 1. The molecule has 2 aromatic carbocycles. The largest absolute Gasteiger partial charge is 0.342 e. The highest BCUT2D eigenvalue weighted by Crippen LogP contribution is 2.21. The molecule has 1 amide bonds. The Kier molecular flexibility index (Phi) is 5.17. The van der Waals surface area contributed by atoms with Crippen molar-refractivity contribution in [2.24, 2.45) is 5.10 Å². The van der Waals surface area contributed by atoms with E-state index in [-0.39, 0.29) is 10.7 Å². The molecule has 2 aromatic heterocycles. The zero-order valence-electron chi connectivity index (χ0n) is 14.9. The van der Waals surface area contributed by atoms with Crippen molar-refractivity contribution in [3.05, 3.63) is 101 Å². The van der Waals surface area contributed by atoms with Crippen LogP contribution in [0, 0.1) is 0 Å². The lowest BCUT2D eigenvalue weighted by molar-refractivity contribution is 0.0955. The molecule has 1 N–H and O–H groups in total. The van der Waals surface area contributed by atoms with Gasteiger partial charge < -0.3 is 4.57 Å². The molecule has 0 aliphatic heterocycles. The van der Waals surface area contributed by atoms with Crippen molar-refractivity contribution in [3.63, 3.8) is 0 Å². The van der Waals surface area contributed by atoms with E-state index in [2.05, 4.69) is 38.3 Å². The van der Waals surface area contributed by atoms with Gasteiger partial charge in [-0.3, -0.25) is 4.79 Å². The second kappa shape index (κ2) is 8.06. The van der Waals surface area contributed by atoms with Gasteiger partial charge in [0.1, 0.15) is 5.15 Å². The predicted octanol–water partition coefficient (Wildman–Crippen LogP) is 4.50. The number of halogens is 1. The first-order valence-corrected chi connectivity index (χ1v) is 9.16. The number of amides is 1. The Labute approximate surface area is 167 Å². The molecule has 0 radical (unpaired) electrons. The molecule has 138 valence electrons. The van der Waals surface area contributed by atoms with Gasteiger partial charge in [-0.1, -0.05) is 60.1 Å². The quantitative estimate of drug-likeness (QED) is 0.311. The summed E-state index contributed by atoms with van der Waals surface area (Å²) in [6, 6.07) is 21.6. The van der Waals surface area contributed by atoms with Gasteiger partial charge in [0.15, 0.2) is 0 Å². The van der Waals surface area contributed by atoms with E-state index in [9.17, 15) is 4.79 Å². The van der Waals surface area contributed by atoms with Crippen molar-refractivity contribution in [2.45, 2.75) is 6.54 Å². The van der Waals surface area contributed by atoms with Gasteiger partial charge in [-0.25, -0.2) is 10.4 Å². The smallest absolute Gasteiger partial charge is 0.274 e. The summed E-state index contributed by atoms with van der Waals surface area (Å²) in [5.41, 5.74) is 6.03. The average Bonchev–Trinajstić information content (AvgIpc) is 3.07. The number of rotatable bonds is 5. The number of benzene rings is 2. The predicted molar refractivity (Wildman–Crippen MR) is 112 cm³/mol. The number of aromatic nitrogens is 2. The summed E-state index contributed by atoms with van der Waals surface area (Å²) in [6.45, 7) is 0.757. The Balaban J connectivity index is 1.58. The second-order valence-corrected chi connectivity index (χ2v) is 6.61. The standard InChI is InChI=1S/C22H17ClN4O/c23-21-19(10-6-12-24-21)22(28)26-25-13-17-15-27(14-16-7-2-1-3-8-16)20-11-5-4-9-18(17)20/h1-13,15H,14H2,(H,26,28). The first kappa shape index (κ1) is 17.9. The molecule has 4 aromatic rings. The molecule has 0 saturated carbocycles. The van der Waals surface area contributed by atoms with Gasteiger partial charge in [0.2, 0.25) is 0 Å². The lowest BCUT2D eigenvalue weighted by Gasteiger charge is -2.05. The Morgan fingerprint density at radius 1 is 1.07 bits per heavy atom. The number of carbonyl (C=O) groups is 1. The minimum absolute atomic E-state index is 0.148. The topological polar surface area (TPSA) is 59.3 Å². The van der Waals surface area contributed by atoms with Gasteiger partial charge in [0.25, 0.3) is 5.91 Å². The molecule has 0 aliphatic carbocycles. The minimum Gasteiger partial charge on any atom is -0.342 e. The molecule has 0 spiro atoms. The Morgan fingerprint density at radius 3 is 2.68 bits per heavy atom. The average molecular weight is 389 g/mol. The van der Waals surface area contributed by atoms with Crippen LogP contribution in [0.3, 0.4) is 0 Å². The summed E-state index contributed by atoms with van der Waals surface area (Å²) in [5.74, 6) is -0.401. The van der Waals surface area contributed by atoms with E-state index in [4.69, 9.17) is 11.6 Å². The summed E-state index contributed by atoms with van der Waals surface area (Å²) < 4.78 is 2.17. The molecule has 0 fully saturated rings. The number of nitrogens with one attached hydrogen (secondary N) is 1. The van der Waals surface area contributed by atoms with Crippen LogP contribution < -0.4 is 5.43 Å². The number of pyridine rings is 1. The van der Waals surface area contributed by atoms with E-state index in [0.717, 1.165) is 23.0 Å². The zero-order valence-corrected chi connectivity index (χ0v) is 15.7. The maximum atomic E-state index is 12.2. The molecule has 28 heavy (non-hydrogen) atoms. The number of carbonyl (C=O) groups excluding carboxylic acids is 1. The van der Waals surface area contributed by atoms with Gasteiger partial charge in [-0.2, -0.15) is 5.10 Å². The van der Waals surface area contributed by atoms with Crippen LogP contribution in [0.4, 0.5) is 0 Å². The van der Waals surface area contributed by atoms with Crippen LogP contribution in [0.15, 0.2) is 84.2 Å². The molecule has 0 bridgehead atoms. The van der Waals surface area contributed by atoms with Gasteiger partial charge in [0.05, 0.1) is 11.8 Å². The number of nitrogens with zero attached hydrogens (tertiary/aromatic N) is 3. The summed E-state index contributed by atoms with van der Waals surface area (Å²) in [7, 11) is 0. The van der Waals surface area contributed by atoms with Gasteiger partial charge in [0, 0.05) is 35.4 Å². The Bertz CT molecular complexity index is 1150. The maximum absolute atomic E-state index is 12.2. The molecule has 0 unspecified atom stereocenters.